The molecular weight excluding hydrogens is 507 g/mol. The topological polar surface area (TPSA) is 171 Å². The normalized spacial score (nSPS) is 13.3. The number of allylic oxidation sites excluding steroid dienone is 3. The van der Waals surface area contributed by atoms with Gasteiger partial charge in [0.15, 0.2) is 11.9 Å². The lowest BCUT2D eigenvalue weighted by Crippen LogP contribution is -2.27. The molecule has 3 atom stereocenters. The number of aliphatic hydroxyl groups is 1. The third kappa shape index (κ3) is 14.2. The van der Waals surface area contributed by atoms with Crippen molar-refractivity contribution in [1.82, 2.24) is 14.6 Å². The highest BCUT2D eigenvalue weighted by atomic mass is 31.2. The molecule has 3 unspecified atom stereocenters. The third-order valence-electron chi connectivity index (χ3n) is 4.78. The van der Waals surface area contributed by atoms with Gasteiger partial charge in [0.05, 0.1) is 12.7 Å². The Labute approximate surface area is 228 Å². The minimum atomic E-state index is -1.31. The summed E-state index contributed by atoms with van der Waals surface area (Å²) in [5.41, 5.74) is 13.5. The SMILES string of the molecule is C#N.C=C/C(=C\C)P(N)OC(C)C(=O)OCC(C)(C)C.CO.COC(C)CCc1ccc2c(N)ncnn12. The Balaban J connectivity index is 0. The Morgan fingerprint density at radius 1 is 1.32 bits per heavy atom. The number of carbonyl (C=O) groups is 1. The van der Waals surface area contributed by atoms with Crippen LogP contribution < -0.4 is 11.2 Å². The van der Waals surface area contributed by atoms with Gasteiger partial charge in [0.2, 0.25) is 0 Å². The molecule has 0 bridgehead atoms. The second-order valence-electron chi connectivity index (χ2n) is 9.01. The van der Waals surface area contributed by atoms with E-state index in [1.165, 1.54) is 6.33 Å². The van der Waals surface area contributed by atoms with Gasteiger partial charge in [-0.25, -0.2) is 19.6 Å². The smallest absolute Gasteiger partial charge is 0.335 e. The molecule has 0 spiro atoms. The number of nitrogens with zero attached hydrogens (tertiary/aromatic N) is 4. The zero-order valence-electron chi connectivity index (χ0n) is 23.9. The highest BCUT2D eigenvalue weighted by molar-refractivity contribution is 7.55. The first-order valence-corrected chi connectivity index (χ1v) is 13.2. The molecule has 214 valence electrons. The number of anilines is 1. The van der Waals surface area contributed by atoms with E-state index in [0.29, 0.717) is 12.4 Å². The van der Waals surface area contributed by atoms with Crippen LogP contribution >= 0.6 is 8.30 Å². The molecule has 2 aromatic heterocycles. The summed E-state index contributed by atoms with van der Waals surface area (Å²) in [7, 11) is 1.41. The van der Waals surface area contributed by atoms with E-state index in [9.17, 15) is 4.79 Å². The molecular formula is C26H45N6O5P. The second-order valence-corrected chi connectivity index (χ2v) is 10.4. The maximum Gasteiger partial charge on any atom is 0.335 e. The van der Waals surface area contributed by atoms with Crippen molar-refractivity contribution in [3.8, 4) is 6.57 Å². The summed E-state index contributed by atoms with van der Waals surface area (Å²) in [5, 5.41) is 18.5. The second kappa shape index (κ2) is 20.1. The molecule has 0 aliphatic heterocycles. The molecule has 0 saturated heterocycles. The largest absolute Gasteiger partial charge is 0.463 e. The summed E-state index contributed by atoms with van der Waals surface area (Å²) in [6, 6.07) is 3.98. The molecule has 5 N–H and O–H groups in total. The van der Waals surface area contributed by atoms with Gasteiger partial charge in [-0.2, -0.15) is 5.10 Å². The Morgan fingerprint density at radius 3 is 2.42 bits per heavy atom. The van der Waals surface area contributed by atoms with Crippen molar-refractivity contribution in [1.29, 1.82) is 5.26 Å². The average Bonchev–Trinajstić information content (AvgIpc) is 3.33. The zero-order chi connectivity index (χ0) is 29.9. The standard InChI is InChI=1S/C13H24NO3P.C11H16N4O.CHN.CH4O/c1-7-11(8-2)18(14)17-10(3)12(15)16-9-13(4,5)6;1-8(16-2)3-4-9-5-6-10-11(12)13-7-14-15(9)10;2*1-2/h7-8,10H,1,9,14H2,2-6H3;5-8H,3-4H2,1-2H3,(H2,12,13,14);1H;2H,1H3/b11-8+;;;. The van der Waals surface area contributed by atoms with Crippen LogP contribution in [0.4, 0.5) is 5.82 Å². The number of aromatic nitrogens is 3. The Hall–Kier alpha value is -2.87. The number of ether oxygens (including phenoxy) is 2. The molecule has 0 aliphatic rings. The quantitative estimate of drug-likeness (QED) is 0.218. The van der Waals surface area contributed by atoms with E-state index >= 15 is 0 Å². The van der Waals surface area contributed by atoms with Crippen molar-refractivity contribution >= 4 is 25.6 Å². The number of fused-ring (bicyclic) bond motifs is 1. The fourth-order valence-corrected chi connectivity index (χ4v) is 3.66. The third-order valence-corrected chi connectivity index (χ3v) is 6.27. The van der Waals surface area contributed by atoms with Crippen molar-refractivity contribution in [2.45, 2.75) is 66.6 Å². The first-order valence-electron chi connectivity index (χ1n) is 11.9. The van der Waals surface area contributed by atoms with Crippen LogP contribution in [-0.4, -0.2) is 58.7 Å². The summed E-state index contributed by atoms with van der Waals surface area (Å²) in [4.78, 5) is 15.6. The number of hydrogen-bond acceptors (Lipinski definition) is 10. The molecule has 2 rings (SSSR count). The van der Waals surface area contributed by atoms with Gasteiger partial charge in [-0.05, 0) is 51.2 Å². The number of nitriles is 1. The maximum atomic E-state index is 11.7. The van der Waals surface area contributed by atoms with Crippen molar-refractivity contribution in [3.05, 3.63) is 48.2 Å². The first kappa shape index (κ1) is 37.3. The minimum Gasteiger partial charge on any atom is -0.463 e. The minimum absolute atomic E-state index is 0.0571. The summed E-state index contributed by atoms with van der Waals surface area (Å²) in [5.74, 6) is 0.128. The van der Waals surface area contributed by atoms with Gasteiger partial charge in [-0.15, -0.1) is 0 Å². The highest BCUT2D eigenvalue weighted by Gasteiger charge is 2.22. The van der Waals surface area contributed by atoms with Gasteiger partial charge >= 0.3 is 5.97 Å². The van der Waals surface area contributed by atoms with Gasteiger partial charge in [0, 0.05) is 31.8 Å². The van der Waals surface area contributed by atoms with Gasteiger partial charge in [0.1, 0.15) is 20.1 Å². The maximum absolute atomic E-state index is 11.7. The lowest BCUT2D eigenvalue weighted by Gasteiger charge is -2.21. The molecule has 0 fully saturated rings. The summed E-state index contributed by atoms with van der Waals surface area (Å²) in [6.07, 6.45) is 6.41. The molecule has 0 aromatic carbocycles. The van der Waals surface area contributed by atoms with Gasteiger partial charge in [-0.1, -0.05) is 39.5 Å². The van der Waals surface area contributed by atoms with E-state index in [1.54, 1.807) is 20.1 Å². The van der Waals surface area contributed by atoms with Gasteiger partial charge in [0.25, 0.3) is 0 Å². The molecule has 0 aliphatic carbocycles. The van der Waals surface area contributed by atoms with Crippen LogP contribution in [0.2, 0.25) is 0 Å². The van der Waals surface area contributed by atoms with E-state index in [0.717, 1.165) is 36.5 Å². The highest BCUT2D eigenvalue weighted by Crippen LogP contribution is 2.39. The van der Waals surface area contributed by atoms with Crippen molar-refractivity contribution in [3.63, 3.8) is 0 Å². The molecule has 38 heavy (non-hydrogen) atoms. The molecule has 2 heterocycles. The number of nitrogens with two attached hydrogens (primary N) is 2. The number of carbonyl (C=O) groups excluding carboxylic acids is 1. The predicted octanol–water partition coefficient (Wildman–Crippen LogP) is 4.37. The van der Waals surface area contributed by atoms with E-state index in [1.807, 2.05) is 50.4 Å². The summed E-state index contributed by atoms with van der Waals surface area (Å²) >= 11 is 0. The Morgan fingerprint density at radius 2 is 1.92 bits per heavy atom. The van der Waals surface area contributed by atoms with Crippen LogP contribution in [0.3, 0.4) is 0 Å². The molecule has 0 saturated carbocycles. The number of esters is 1. The van der Waals surface area contributed by atoms with Gasteiger partial charge in [-0.3, -0.25) is 5.50 Å². The monoisotopic (exact) mass is 552 g/mol. The average molecular weight is 553 g/mol. The van der Waals surface area contributed by atoms with Crippen LogP contribution in [0.1, 0.15) is 53.7 Å². The predicted molar refractivity (Wildman–Crippen MR) is 153 cm³/mol. The van der Waals surface area contributed by atoms with E-state index < -0.39 is 14.4 Å². The molecule has 2 aromatic rings. The van der Waals surface area contributed by atoms with E-state index in [-0.39, 0.29) is 17.5 Å². The van der Waals surface area contributed by atoms with Crippen molar-refractivity contribution in [2.24, 2.45) is 10.9 Å². The lowest BCUT2D eigenvalue weighted by molar-refractivity contribution is -0.153. The van der Waals surface area contributed by atoms with Crippen LogP contribution in [0, 0.1) is 17.2 Å². The van der Waals surface area contributed by atoms with Crippen LogP contribution in [0.5, 0.6) is 0 Å². The molecule has 12 heteroatoms. The molecule has 0 radical (unpaired) electrons. The Bertz CT molecular complexity index is 1000. The zero-order valence-corrected chi connectivity index (χ0v) is 24.8. The molecule has 11 nitrogen and oxygen atoms in total. The van der Waals surface area contributed by atoms with Crippen molar-refractivity contribution in [2.75, 3.05) is 26.6 Å². The Kier molecular flexibility index (Phi) is 19.8. The van der Waals surface area contributed by atoms with Crippen LogP contribution in [0.25, 0.3) is 5.52 Å². The number of aliphatic hydroxyl groups excluding tert-OH is 1. The summed E-state index contributed by atoms with van der Waals surface area (Å²) in [6.45, 7) is 19.0. The first-order chi connectivity index (χ1) is 17.9. The number of methoxy groups -OCH3 is 1. The van der Waals surface area contributed by atoms with Crippen LogP contribution in [-0.2, 0) is 25.2 Å². The fourth-order valence-electron chi connectivity index (χ4n) is 2.68. The number of nitrogen functional groups attached to an aromatic ring is 1. The fraction of sp³-hybridized carbons (Fsp3) is 0.538. The van der Waals surface area contributed by atoms with E-state index in [4.69, 9.17) is 35.6 Å². The van der Waals surface area contributed by atoms with E-state index in [2.05, 4.69) is 30.2 Å². The summed E-state index contributed by atoms with van der Waals surface area (Å²) < 4.78 is 17.7. The number of hydrogen-bond donors (Lipinski definition) is 3. The lowest BCUT2D eigenvalue weighted by atomic mass is 9.99. The number of aryl methyl sites for hydroxylation is 1. The van der Waals surface area contributed by atoms with Gasteiger partial charge < -0.3 is 24.8 Å². The van der Waals surface area contributed by atoms with Crippen LogP contribution in [0.15, 0.2) is 42.5 Å². The number of rotatable bonds is 10. The molecule has 0 amide bonds. The van der Waals surface area contributed by atoms with Crippen molar-refractivity contribution < 1.29 is 23.9 Å².